The minimum atomic E-state index is -1.10. The number of aromatic nitrogens is 2. The first-order valence-corrected chi connectivity index (χ1v) is 9.12. The van der Waals surface area contributed by atoms with Crippen molar-refractivity contribution in [3.63, 3.8) is 0 Å². The van der Waals surface area contributed by atoms with Crippen molar-refractivity contribution in [2.24, 2.45) is 0 Å². The average Bonchev–Trinajstić information content (AvgIpc) is 3.17. The summed E-state index contributed by atoms with van der Waals surface area (Å²) in [6.45, 7) is 0. The van der Waals surface area contributed by atoms with Crippen molar-refractivity contribution in [3.05, 3.63) is 60.3 Å². The molecule has 9 nitrogen and oxygen atoms in total. The second-order valence-electron chi connectivity index (χ2n) is 6.72. The molecule has 4 rings (SSSR count). The van der Waals surface area contributed by atoms with Crippen molar-refractivity contribution in [1.29, 1.82) is 0 Å². The van der Waals surface area contributed by atoms with E-state index in [1.54, 1.807) is 31.5 Å². The smallest absolute Gasteiger partial charge is 0.335 e. The van der Waals surface area contributed by atoms with Gasteiger partial charge in [-0.05, 0) is 35.9 Å². The molecule has 152 valence electrons. The lowest BCUT2D eigenvalue weighted by Crippen LogP contribution is -2.35. The number of carboxylic acids is 1. The van der Waals surface area contributed by atoms with Crippen LogP contribution in [0, 0.1) is 0 Å². The number of carbonyl (C=O) groups excluding carboxylic acids is 2. The van der Waals surface area contributed by atoms with E-state index in [0.717, 1.165) is 5.56 Å². The quantitative estimate of drug-likeness (QED) is 0.599. The summed E-state index contributed by atoms with van der Waals surface area (Å²) in [4.78, 5) is 36.3. The number of nitrogens with zero attached hydrogens (tertiary/aromatic N) is 2. The lowest BCUT2D eigenvalue weighted by Gasteiger charge is -2.24. The summed E-state index contributed by atoms with van der Waals surface area (Å²) in [7, 11) is 1.58. The van der Waals surface area contributed by atoms with E-state index in [2.05, 4.69) is 15.7 Å². The van der Waals surface area contributed by atoms with E-state index in [1.165, 1.54) is 22.9 Å². The van der Waals surface area contributed by atoms with Crippen molar-refractivity contribution in [2.45, 2.75) is 12.5 Å². The second kappa shape index (κ2) is 7.70. The second-order valence-corrected chi connectivity index (χ2v) is 6.72. The Labute approximate surface area is 171 Å². The normalized spacial score (nSPS) is 15.1. The molecule has 1 unspecified atom stereocenters. The van der Waals surface area contributed by atoms with Crippen molar-refractivity contribution >= 4 is 29.3 Å². The van der Waals surface area contributed by atoms with Gasteiger partial charge in [0.15, 0.2) is 0 Å². The molecule has 1 atom stereocenters. The number of methoxy groups -OCH3 is 1. The minimum Gasteiger partial charge on any atom is -0.497 e. The lowest BCUT2D eigenvalue weighted by molar-refractivity contribution is -0.125. The van der Waals surface area contributed by atoms with Crippen LogP contribution >= 0.6 is 0 Å². The summed E-state index contributed by atoms with van der Waals surface area (Å²) >= 11 is 0. The fourth-order valence-electron chi connectivity index (χ4n) is 3.31. The number of carboxylic acid groups (broad SMARTS) is 1. The monoisotopic (exact) mass is 406 g/mol. The zero-order chi connectivity index (χ0) is 21.3. The van der Waals surface area contributed by atoms with E-state index in [4.69, 9.17) is 9.84 Å². The van der Waals surface area contributed by atoms with Crippen LogP contribution in [0.3, 0.4) is 0 Å². The van der Waals surface area contributed by atoms with Crippen LogP contribution in [-0.4, -0.2) is 39.8 Å². The average molecular weight is 406 g/mol. The third-order valence-electron chi connectivity index (χ3n) is 4.81. The van der Waals surface area contributed by atoms with E-state index < -0.39 is 17.9 Å². The van der Waals surface area contributed by atoms with Crippen molar-refractivity contribution in [3.8, 4) is 16.9 Å². The SMILES string of the molecule is COc1ccc(-c2cnn3c2NC(=O)CC3C(=O)Nc2cccc(C(=O)O)c2)cc1. The summed E-state index contributed by atoms with van der Waals surface area (Å²) in [6, 6.07) is 12.3. The Morgan fingerprint density at radius 3 is 2.70 bits per heavy atom. The number of benzene rings is 2. The highest BCUT2D eigenvalue weighted by atomic mass is 16.5. The summed E-state index contributed by atoms with van der Waals surface area (Å²) in [5.74, 6) is -0.739. The number of anilines is 2. The predicted molar refractivity (Wildman–Crippen MR) is 109 cm³/mol. The molecule has 1 aliphatic heterocycles. The van der Waals surface area contributed by atoms with Crippen LogP contribution in [-0.2, 0) is 9.59 Å². The van der Waals surface area contributed by atoms with Crippen molar-refractivity contribution in [2.75, 3.05) is 17.7 Å². The maximum atomic E-state index is 12.9. The van der Waals surface area contributed by atoms with E-state index in [1.807, 2.05) is 12.1 Å². The standard InChI is InChI=1S/C21H18N4O5/c1-30-15-7-5-12(6-8-15)16-11-22-25-17(10-18(26)24-19(16)25)20(27)23-14-4-2-3-13(9-14)21(28)29/h2-9,11,17H,10H2,1H3,(H,23,27)(H,24,26)(H,28,29). The van der Waals surface area contributed by atoms with E-state index in [-0.39, 0.29) is 17.9 Å². The molecule has 2 heterocycles. The van der Waals surface area contributed by atoms with E-state index >= 15 is 0 Å². The Morgan fingerprint density at radius 2 is 2.00 bits per heavy atom. The molecule has 1 aromatic heterocycles. The van der Waals surface area contributed by atoms with Gasteiger partial charge in [-0.2, -0.15) is 5.10 Å². The summed E-state index contributed by atoms with van der Waals surface area (Å²) < 4.78 is 6.63. The third kappa shape index (κ3) is 3.60. The third-order valence-corrected chi connectivity index (χ3v) is 4.81. The van der Waals surface area contributed by atoms with Gasteiger partial charge in [-0.3, -0.25) is 9.59 Å². The Morgan fingerprint density at radius 1 is 1.23 bits per heavy atom. The molecule has 0 radical (unpaired) electrons. The number of amides is 2. The fourth-order valence-corrected chi connectivity index (χ4v) is 3.31. The largest absolute Gasteiger partial charge is 0.497 e. The number of ether oxygens (including phenoxy) is 1. The fraction of sp³-hybridized carbons (Fsp3) is 0.143. The number of hydrogen-bond acceptors (Lipinski definition) is 5. The highest BCUT2D eigenvalue weighted by molar-refractivity contribution is 6.03. The summed E-state index contributed by atoms with van der Waals surface area (Å²) in [5, 5.41) is 18.9. The van der Waals surface area contributed by atoms with Gasteiger partial charge in [0.1, 0.15) is 17.6 Å². The van der Waals surface area contributed by atoms with Gasteiger partial charge < -0.3 is 20.5 Å². The molecular formula is C21H18N4O5. The topological polar surface area (TPSA) is 123 Å². The van der Waals surface area contributed by atoms with Gasteiger partial charge in [0.2, 0.25) is 11.8 Å². The number of hydrogen-bond donors (Lipinski definition) is 3. The Kier molecular flexibility index (Phi) is 4.93. The molecule has 3 N–H and O–H groups in total. The zero-order valence-corrected chi connectivity index (χ0v) is 16.0. The predicted octanol–water partition coefficient (Wildman–Crippen LogP) is 2.78. The molecule has 2 aromatic carbocycles. The van der Waals surface area contributed by atoms with Gasteiger partial charge in [-0.25, -0.2) is 9.48 Å². The first-order chi connectivity index (χ1) is 14.5. The molecule has 9 heteroatoms. The lowest BCUT2D eigenvalue weighted by atomic mass is 10.1. The maximum Gasteiger partial charge on any atom is 0.335 e. The van der Waals surface area contributed by atoms with Gasteiger partial charge in [-0.15, -0.1) is 0 Å². The van der Waals surface area contributed by atoms with E-state index in [9.17, 15) is 14.4 Å². The highest BCUT2D eigenvalue weighted by Crippen LogP contribution is 2.35. The van der Waals surface area contributed by atoms with Crippen LogP contribution in [0.15, 0.2) is 54.7 Å². The van der Waals surface area contributed by atoms with Crippen LogP contribution in [0.25, 0.3) is 11.1 Å². The summed E-state index contributed by atoms with van der Waals surface area (Å²) in [5.41, 5.74) is 1.87. The van der Waals surface area contributed by atoms with Gasteiger partial charge in [-0.1, -0.05) is 18.2 Å². The molecule has 0 fully saturated rings. The van der Waals surface area contributed by atoms with Gasteiger partial charge in [0.25, 0.3) is 0 Å². The maximum absolute atomic E-state index is 12.9. The Balaban J connectivity index is 1.63. The molecule has 1 aliphatic rings. The van der Waals surface area contributed by atoms with Gasteiger partial charge in [0.05, 0.1) is 25.3 Å². The number of carbonyl (C=O) groups is 3. The first kappa shape index (κ1) is 19.2. The number of nitrogens with one attached hydrogen (secondary N) is 2. The van der Waals surface area contributed by atoms with Gasteiger partial charge >= 0.3 is 5.97 Å². The van der Waals surface area contributed by atoms with Crippen LogP contribution < -0.4 is 15.4 Å². The zero-order valence-electron chi connectivity index (χ0n) is 16.0. The Hall–Kier alpha value is -4.14. The highest BCUT2D eigenvalue weighted by Gasteiger charge is 2.33. The van der Waals surface area contributed by atoms with Crippen molar-refractivity contribution < 1.29 is 24.2 Å². The molecule has 2 amide bonds. The number of aromatic carboxylic acids is 1. The molecule has 0 bridgehead atoms. The molecule has 0 saturated carbocycles. The summed E-state index contributed by atoms with van der Waals surface area (Å²) in [6.07, 6.45) is 1.51. The molecule has 0 saturated heterocycles. The molecule has 3 aromatic rings. The minimum absolute atomic E-state index is 0.0516. The molecule has 30 heavy (non-hydrogen) atoms. The molecule has 0 aliphatic carbocycles. The van der Waals surface area contributed by atoms with E-state index in [0.29, 0.717) is 22.8 Å². The van der Waals surface area contributed by atoms with Crippen LogP contribution in [0.4, 0.5) is 11.5 Å². The van der Waals surface area contributed by atoms with Crippen molar-refractivity contribution in [1.82, 2.24) is 9.78 Å². The molecule has 0 spiro atoms. The van der Waals surface area contributed by atoms with Crippen LogP contribution in [0.2, 0.25) is 0 Å². The number of rotatable bonds is 5. The Bertz CT molecular complexity index is 1140. The number of fused-ring (bicyclic) bond motifs is 1. The molecular weight excluding hydrogens is 388 g/mol. The van der Waals surface area contributed by atoms with Gasteiger partial charge in [0, 0.05) is 11.3 Å². The first-order valence-electron chi connectivity index (χ1n) is 9.12. The van der Waals surface area contributed by atoms with Crippen LogP contribution in [0.1, 0.15) is 22.8 Å². The van der Waals surface area contributed by atoms with Crippen LogP contribution in [0.5, 0.6) is 5.75 Å².